The van der Waals surface area contributed by atoms with Crippen LogP contribution in [0.4, 0.5) is 43.9 Å². The van der Waals surface area contributed by atoms with E-state index >= 15 is 0 Å². The number of hydrogen-bond donors (Lipinski definition) is 1. The summed E-state index contributed by atoms with van der Waals surface area (Å²) in [5.41, 5.74) is -6.36. The smallest absolute Gasteiger partial charge is 0.433 e. The maximum Gasteiger partial charge on any atom is 0.449 e. The molecule has 1 heterocycles. The molecule has 2 atom stereocenters. The van der Waals surface area contributed by atoms with Crippen LogP contribution in [0, 0.1) is 0 Å². The number of alkyl halides is 10. The highest BCUT2D eigenvalue weighted by atomic mass is 19.4. The first-order chi connectivity index (χ1) is 10.4. The lowest BCUT2D eigenvalue weighted by Gasteiger charge is -2.53. The molecular weight excluding hydrogens is 374 g/mol. The summed E-state index contributed by atoms with van der Waals surface area (Å²) >= 11 is 0. The summed E-state index contributed by atoms with van der Waals surface area (Å²) in [5.74, 6) is -21.3. The quantitative estimate of drug-likeness (QED) is 0.455. The maximum absolute atomic E-state index is 14.0. The van der Waals surface area contributed by atoms with E-state index in [9.17, 15) is 48.7 Å². The molecule has 140 valence electrons. The third-order valence-electron chi connectivity index (χ3n) is 3.05. The van der Waals surface area contributed by atoms with E-state index in [0.29, 0.717) is 0 Å². The maximum atomic E-state index is 14.0. The van der Waals surface area contributed by atoms with Crippen LogP contribution in [0.25, 0.3) is 0 Å². The van der Waals surface area contributed by atoms with Crippen LogP contribution < -0.4 is 0 Å². The van der Waals surface area contributed by atoms with Gasteiger partial charge in [-0.1, -0.05) is 6.58 Å². The molecule has 4 nitrogen and oxygen atoms in total. The predicted molar refractivity (Wildman–Crippen MR) is 51.9 cm³/mol. The third kappa shape index (κ3) is 2.34. The second-order valence-electron chi connectivity index (χ2n) is 4.51. The van der Waals surface area contributed by atoms with Gasteiger partial charge in [-0.2, -0.15) is 43.9 Å². The fourth-order valence-electron chi connectivity index (χ4n) is 1.89. The second kappa shape index (κ2) is 5.21. The van der Waals surface area contributed by atoms with Gasteiger partial charge in [-0.3, -0.25) is 0 Å². The van der Waals surface area contributed by atoms with E-state index in [2.05, 4.69) is 16.1 Å². The average molecular weight is 380 g/mol. The van der Waals surface area contributed by atoms with Crippen molar-refractivity contribution in [3.05, 3.63) is 12.7 Å². The number of halogens is 10. The summed E-state index contributed by atoms with van der Waals surface area (Å²) in [7, 11) is 0. The van der Waals surface area contributed by atoms with Gasteiger partial charge in [0.15, 0.2) is 0 Å². The van der Waals surface area contributed by atoms with E-state index in [-0.39, 0.29) is 6.08 Å². The van der Waals surface area contributed by atoms with Crippen molar-refractivity contribution < 1.29 is 63.3 Å². The van der Waals surface area contributed by atoms with Gasteiger partial charge in [0.25, 0.3) is 0 Å². The third-order valence-corrected chi connectivity index (χ3v) is 3.05. The van der Waals surface area contributed by atoms with Crippen LogP contribution in [-0.4, -0.2) is 53.3 Å². The van der Waals surface area contributed by atoms with Gasteiger partial charge in [-0.25, -0.2) is 4.79 Å². The van der Waals surface area contributed by atoms with Crippen molar-refractivity contribution >= 4 is 5.97 Å². The molecule has 0 aromatic heterocycles. The summed E-state index contributed by atoms with van der Waals surface area (Å²) in [6, 6.07) is 0. The largest absolute Gasteiger partial charge is 0.449 e. The molecule has 1 aliphatic rings. The predicted octanol–water partition coefficient (Wildman–Crippen LogP) is 2.57. The van der Waals surface area contributed by atoms with Gasteiger partial charge < -0.3 is 14.6 Å². The van der Waals surface area contributed by atoms with Gasteiger partial charge in [0.1, 0.15) is 6.61 Å². The number of esters is 1. The van der Waals surface area contributed by atoms with Gasteiger partial charge in [0.05, 0.1) is 0 Å². The number of ether oxygens (including phenoxy) is 2. The van der Waals surface area contributed by atoms with Gasteiger partial charge in [-0.05, 0) is 0 Å². The Labute approximate surface area is 125 Å². The van der Waals surface area contributed by atoms with E-state index < -0.39 is 48.2 Å². The Kier molecular flexibility index (Phi) is 4.45. The first-order valence-electron chi connectivity index (χ1n) is 5.52. The number of aliphatic hydroxyl groups is 1. The van der Waals surface area contributed by atoms with Crippen molar-refractivity contribution in [1.82, 2.24) is 0 Å². The standard InChI is InChI=1S/C10H6F10O4/c1-2-4(21)24-6(9(15,16)17)5(11,12)3-23-8(22,7(6,13)14)10(18,19)20/h2,22H,1,3H2. The molecule has 1 N–H and O–H groups in total. The SMILES string of the molecule is C=CC(=O)OC1(C(F)(F)F)C(F)(F)COC(O)(C(F)(F)F)C1(F)F. The summed E-state index contributed by atoms with van der Waals surface area (Å²) < 4.78 is 138. The van der Waals surface area contributed by atoms with Crippen LogP contribution in [-0.2, 0) is 14.3 Å². The van der Waals surface area contributed by atoms with Crippen LogP contribution in [0.15, 0.2) is 12.7 Å². The van der Waals surface area contributed by atoms with Crippen LogP contribution in [0.2, 0.25) is 0 Å². The lowest BCUT2D eigenvalue weighted by Crippen LogP contribution is -2.84. The Hall–Kier alpha value is -1.57. The normalized spacial score (nSPS) is 33.0. The lowest BCUT2D eigenvalue weighted by molar-refractivity contribution is -0.527. The van der Waals surface area contributed by atoms with Crippen LogP contribution in [0.3, 0.4) is 0 Å². The molecule has 2 unspecified atom stereocenters. The molecule has 1 fully saturated rings. The Morgan fingerprint density at radius 2 is 1.54 bits per heavy atom. The van der Waals surface area contributed by atoms with Crippen LogP contribution in [0.5, 0.6) is 0 Å². The Morgan fingerprint density at radius 1 is 1.08 bits per heavy atom. The summed E-state index contributed by atoms with van der Waals surface area (Å²) in [6.45, 7) is -0.497. The highest BCUT2D eigenvalue weighted by Crippen LogP contribution is 2.63. The van der Waals surface area contributed by atoms with Gasteiger partial charge in [-0.15, -0.1) is 0 Å². The zero-order valence-corrected chi connectivity index (χ0v) is 10.9. The van der Waals surface area contributed by atoms with E-state index in [1.165, 1.54) is 0 Å². The van der Waals surface area contributed by atoms with E-state index in [0.717, 1.165) is 0 Å². The number of carbonyl (C=O) groups excluding carboxylic acids is 1. The van der Waals surface area contributed by atoms with E-state index in [1.807, 2.05) is 0 Å². The molecule has 0 aliphatic carbocycles. The van der Waals surface area contributed by atoms with Crippen molar-refractivity contribution in [3.63, 3.8) is 0 Å². The number of hydrogen-bond acceptors (Lipinski definition) is 4. The topological polar surface area (TPSA) is 55.8 Å². The molecule has 14 heteroatoms. The van der Waals surface area contributed by atoms with Crippen molar-refractivity contribution in [3.8, 4) is 0 Å². The minimum atomic E-state index is -6.94. The zero-order chi connectivity index (χ0) is 19.4. The molecule has 0 aromatic carbocycles. The molecule has 1 rings (SSSR count). The van der Waals surface area contributed by atoms with Crippen molar-refractivity contribution in [1.29, 1.82) is 0 Å². The van der Waals surface area contributed by atoms with Crippen molar-refractivity contribution in [2.75, 3.05) is 6.61 Å². The molecule has 0 spiro atoms. The Bertz CT molecular complexity index is 539. The molecule has 24 heavy (non-hydrogen) atoms. The fraction of sp³-hybridized carbons (Fsp3) is 0.700. The second-order valence-corrected chi connectivity index (χ2v) is 4.51. The van der Waals surface area contributed by atoms with Crippen molar-refractivity contribution in [2.45, 2.75) is 35.6 Å². The summed E-state index contributed by atoms with van der Waals surface area (Å²) in [6.07, 6.45) is -13.9. The van der Waals surface area contributed by atoms with Crippen LogP contribution in [0.1, 0.15) is 0 Å². The summed E-state index contributed by atoms with van der Waals surface area (Å²) in [4.78, 5) is 10.9. The highest BCUT2D eigenvalue weighted by molar-refractivity contribution is 5.82. The monoisotopic (exact) mass is 380 g/mol. The highest BCUT2D eigenvalue weighted by Gasteiger charge is 2.95. The average Bonchev–Trinajstić information content (AvgIpc) is 2.36. The molecular formula is C10H6F10O4. The molecule has 0 aromatic rings. The summed E-state index contributed by atoms with van der Waals surface area (Å²) in [5, 5.41) is 8.90. The van der Waals surface area contributed by atoms with E-state index in [1.54, 1.807) is 0 Å². The van der Waals surface area contributed by atoms with Gasteiger partial charge in [0, 0.05) is 6.08 Å². The van der Waals surface area contributed by atoms with Crippen molar-refractivity contribution in [2.24, 2.45) is 0 Å². The Balaban J connectivity index is 3.83. The molecule has 0 saturated carbocycles. The van der Waals surface area contributed by atoms with Gasteiger partial charge >= 0.3 is 41.6 Å². The minimum absolute atomic E-state index is 0.262. The number of carbonyl (C=O) groups is 1. The fourth-order valence-corrected chi connectivity index (χ4v) is 1.89. The van der Waals surface area contributed by atoms with Gasteiger partial charge in [0.2, 0.25) is 0 Å². The number of rotatable bonds is 2. The molecule has 0 radical (unpaired) electrons. The molecule has 1 aliphatic heterocycles. The first kappa shape index (κ1) is 20.5. The first-order valence-corrected chi connectivity index (χ1v) is 5.52. The van der Waals surface area contributed by atoms with E-state index in [4.69, 9.17) is 5.11 Å². The molecule has 0 bridgehead atoms. The minimum Gasteiger partial charge on any atom is -0.433 e. The molecule has 1 saturated heterocycles. The van der Waals surface area contributed by atoms with Crippen LogP contribution >= 0.6 is 0 Å². The lowest BCUT2D eigenvalue weighted by atomic mass is 9.79. The zero-order valence-electron chi connectivity index (χ0n) is 10.9. The Morgan fingerprint density at radius 3 is 1.88 bits per heavy atom. The molecule has 0 amide bonds.